The lowest BCUT2D eigenvalue weighted by Gasteiger charge is -1.89. The van der Waals surface area contributed by atoms with Gasteiger partial charge in [0, 0.05) is 14.7 Å². The molecule has 0 unspecified atom stereocenters. The zero-order valence-electron chi connectivity index (χ0n) is 7.33. The van der Waals surface area contributed by atoms with Crippen LogP contribution in [0.1, 0.15) is 21.5 Å². The van der Waals surface area contributed by atoms with Crippen LogP contribution < -0.4 is 0 Å². The Morgan fingerprint density at radius 3 is 2.79 bits per heavy atom. The Labute approximate surface area is 97.3 Å². The normalized spacial score (nSPS) is 11.0. The minimum absolute atomic E-state index is 0.412. The number of fused-ring (bicyclic) bond motifs is 1. The second-order valence-electron chi connectivity index (χ2n) is 2.81. The minimum atomic E-state index is -0.844. The highest BCUT2D eigenvalue weighted by Crippen LogP contribution is 2.40. The number of hydrogen-bond acceptors (Lipinski definition) is 3. The van der Waals surface area contributed by atoms with Crippen LogP contribution in [0.3, 0.4) is 0 Å². The van der Waals surface area contributed by atoms with Gasteiger partial charge in [-0.1, -0.05) is 6.92 Å². The van der Waals surface area contributed by atoms with E-state index in [2.05, 4.69) is 22.9 Å². The molecule has 0 aliphatic heterocycles. The van der Waals surface area contributed by atoms with E-state index in [9.17, 15) is 4.79 Å². The molecule has 0 bridgehead atoms. The van der Waals surface area contributed by atoms with Crippen LogP contribution in [-0.2, 0) is 6.42 Å². The Balaban J connectivity index is 2.64. The number of rotatable bonds is 2. The number of carboxylic acids is 1. The Morgan fingerprint density at radius 1 is 1.57 bits per heavy atom. The predicted molar refractivity (Wildman–Crippen MR) is 63.7 cm³/mol. The van der Waals surface area contributed by atoms with Crippen molar-refractivity contribution in [1.29, 1.82) is 0 Å². The van der Waals surface area contributed by atoms with E-state index < -0.39 is 5.97 Å². The number of thiophene rings is 2. The number of carbonyl (C=O) groups is 1. The molecule has 0 aliphatic rings. The van der Waals surface area contributed by atoms with Crippen LogP contribution in [-0.4, -0.2) is 11.1 Å². The summed E-state index contributed by atoms with van der Waals surface area (Å²) in [7, 11) is 0. The summed E-state index contributed by atoms with van der Waals surface area (Å²) < 4.78 is 2.15. The summed E-state index contributed by atoms with van der Waals surface area (Å²) in [4.78, 5) is 12.4. The molecule has 2 nitrogen and oxygen atoms in total. The predicted octanol–water partition coefficient (Wildman–Crippen LogP) is 3.99. The van der Waals surface area contributed by atoms with Crippen LogP contribution in [0.4, 0.5) is 0 Å². The highest BCUT2D eigenvalue weighted by molar-refractivity contribution is 9.10. The highest BCUT2D eigenvalue weighted by Gasteiger charge is 2.14. The molecule has 0 spiro atoms. The molecule has 0 atom stereocenters. The Kier molecular flexibility index (Phi) is 2.64. The summed E-state index contributed by atoms with van der Waals surface area (Å²) in [6.45, 7) is 2.10. The zero-order valence-corrected chi connectivity index (χ0v) is 10.6. The number of halogens is 1. The van der Waals surface area contributed by atoms with Crippen molar-refractivity contribution >= 4 is 54.0 Å². The van der Waals surface area contributed by atoms with Gasteiger partial charge in [0.15, 0.2) is 0 Å². The van der Waals surface area contributed by atoms with Gasteiger partial charge in [0.05, 0.1) is 4.01 Å². The summed E-state index contributed by atoms with van der Waals surface area (Å²) in [6, 6.07) is 1.74. The van der Waals surface area contributed by atoms with E-state index in [-0.39, 0.29) is 0 Å². The third-order valence-corrected chi connectivity index (χ3v) is 5.66. The maximum Gasteiger partial charge on any atom is 0.345 e. The van der Waals surface area contributed by atoms with Crippen molar-refractivity contribution < 1.29 is 9.90 Å². The third kappa shape index (κ3) is 1.49. The standard InChI is InChI=1S/C9H7BrO2S2/c1-2-5-7(10)4-3-6(8(11)12)14-9(4)13-5/h3H,2H2,1H3,(H,11,12). The van der Waals surface area contributed by atoms with Gasteiger partial charge in [0.25, 0.3) is 0 Å². The topological polar surface area (TPSA) is 37.3 Å². The fraction of sp³-hybridized carbons (Fsp3) is 0.222. The highest BCUT2D eigenvalue weighted by atomic mass is 79.9. The molecule has 2 aromatic rings. The summed E-state index contributed by atoms with van der Waals surface area (Å²) >= 11 is 6.51. The van der Waals surface area contributed by atoms with Crippen LogP contribution in [0.2, 0.25) is 0 Å². The Morgan fingerprint density at radius 2 is 2.29 bits per heavy atom. The first-order chi connectivity index (χ1) is 6.63. The largest absolute Gasteiger partial charge is 0.477 e. The van der Waals surface area contributed by atoms with Crippen molar-refractivity contribution in [3.05, 3.63) is 20.3 Å². The fourth-order valence-corrected chi connectivity index (χ4v) is 4.65. The van der Waals surface area contributed by atoms with Crippen molar-refractivity contribution in [2.24, 2.45) is 0 Å². The van der Waals surface area contributed by atoms with Gasteiger partial charge in [-0.25, -0.2) is 4.79 Å². The maximum absolute atomic E-state index is 10.7. The molecular weight excluding hydrogens is 284 g/mol. The second kappa shape index (κ2) is 3.64. The molecule has 0 radical (unpaired) electrons. The molecule has 0 aliphatic carbocycles. The molecule has 74 valence electrons. The zero-order chi connectivity index (χ0) is 10.3. The molecule has 2 heterocycles. The Hall–Kier alpha value is -0.390. The van der Waals surface area contributed by atoms with Crippen molar-refractivity contribution in [2.75, 3.05) is 0 Å². The fourth-order valence-electron chi connectivity index (χ4n) is 1.24. The summed E-state index contributed by atoms with van der Waals surface area (Å²) in [5.74, 6) is -0.844. The quantitative estimate of drug-likeness (QED) is 0.908. The van der Waals surface area contributed by atoms with Crippen LogP contribution in [0.5, 0.6) is 0 Å². The van der Waals surface area contributed by atoms with Gasteiger partial charge in [-0.2, -0.15) is 0 Å². The lowest BCUT2D eigenvalue weighted by molar-refractivity contribution is 0.0702. The minimum Gasteiger partial charge on any atom is -0.477 e. The van der Waals surface area contributed by atoms with Crippen molar-refractivity contribution in [1.82, 2.24) is 0 Å². The van der Waals surface area contributed by atoms with Crippen molar-refractivity contribution in [2.45, 2.75) is 13.3 Å². The molecule has 2 rings (SSSR count). The van der Waals surface area contributed by atoms with E-state index in [1.165, 1.54) is 16.2 Å². The molecule has 5 heteroatoms. The van der Waals surface area contributed by atoms with Crippen LogP contribution >= 0.6 is 38.6 Å². The Bertz CT molecular complexity index is 498. The first-order valence-electron chi connectivity index (χ1n) is 4.07. The van der Waals surface area contributed by atoms with E-state index in [4.69, 9.17) is 5.11 Å². The van der Waals surface area contributed by atoms with Gasteiger partial charge in [-0.15, -0.1) is 22.7 Å². The molecule has 0 fully saturated rings. The molecule has 0 saturated carbocycles. The lowest BCUT2D eigenvalue weighted by Crippen LogP contribution is -1.89. The number of hydrogen-bond donors (Lipinski definition) is 1. The second-order valence-corrected chi connectivity index (χ2v) is 6.02. The van der Waals surface area contributed by atoms with E-state index in [0.29, 0.717) is 4.88 Å². The van der Waals surface area contributed by atoms with Gasteiger partial charge in [-0.05, 0) is 28.4 Å². The first-order valence-corrected chi connectivity index (χ1v) is 6.50. The smallest absolute Gasteiger partial charge is 0.345 e. The third-order valence-electron chi connectivity index (χ3n) is 1.93. The number of carboxylic acid groups (broad SMARTS) is 1. The van der Waals surface area contributed by atoms with Gasteiger partial charge < -0.3 is 5.11 Å². The van der Waals surface area contributed by atoms with Crippen molar-refractivity contribution in [3.63, 3.8) is 0 Å². The molecule has 14 heavy (non-hydrogen) atoms. The average Bonchev–Trinajstić information content (AvgIpc) is 2.66. The summed E-state index contributed by atoms with van der Waals surface area (Å²) in [5, 5.41) is 9.86. The van der Waals surface area contributed by atoms with E-state index >= 15 is 0 Å². The molecule has 0 amide bonds. The molecule has 1 N–H and O–H groups in total. The van der Waals surface area contributed by atoms with Crippen LogP contribution in [0.25, 0.3) is 9.40 Å². The summed E-state index contributed by atoms with van der Waals surface area (Å²) in [5.41, 5.74) is 0. The molecular formula is C9H7BrO2S2. The molecule has 0 aromatic carbocycles. The monoisotopic (exact) mass is 290 g/mol. The number of aryl methyl sites for hydroxylation is 1. The summed E-state index contributed by atoms with van der Waals surface area (Å²) in [6.07, 6.45) is 0.981. The van der Waals surface area contributed by atoms with E-state index in [0.717, 1.165) is 20.3 Å². The maximum atomic E-state index is 10.7. The van der Waals surface area contributed by atoms with Crippen LogP contribution in [0.15, 0.2) is 10.5 Å². The first kappa shape index (κ1) is 10.1. The van der Waals surface area contributed by atoms with E-state index in [1.807, 2.05) is 0 Å². The van der Waals surface area contributed by atoms with Gasteiger partial charge in [0.1, 0.15) is 4.88 Å². The van der Waals surface area contributed by atoms with Gasteiger partial charge >= 0.3 is 5.97 Å². The van der Waals surface area contributed by atoms with Gasteiger partial charge in [-0.3, -0.25) is 0 Å². The average molecular weight is 291 g/mol. The lowest BCUT2D eigenvalue weighted by atomic mass is 10.3. The van der Waals surface area contributed by atoms with Crippen LogP contribution in [0, 0.1) is 0 Å². The van der Waals surface area contributed by atoms with Crippen molar-refractivity contribution in [3.8, 4) is 0 Å². The van der Waals surface area contributed by atoms with E-state index in [1.54, 1.807) is 17.4 Å². The molecule has 2 aromatic heterocycles. The number of aromatic carboxylic acids is 1. The SMILES string of the molecule is CCc1sc2sc(C(=O)O)cc2c1Br. The van der Waals surface area contributed by atoms with Gasteiger partial charge in [0.2, 0.25) is 0 Å². The molecule has 0 saturated heterocycles.